The van der Waals surface area contributed by atoms with Crippen molar-refractivity contribution in [1.82, 2.24) is 0 Å². The summed E-state index contributed by atoms with van der Waals surface area (Å²) in [4.78, 5) is 13.6. The van der Waals surface area contributed by atoms with Gasteiger partial charge in [-0.3, -0.25) is 9.28 Å². The Labute approximate surface area is 108 Å². The molecule has 1 fully saturated rings. The Bertz CT molecular complexity index is 339. The number of ether oxygens (including phenoxy) is 2. The van der Waals surface area contributed by atoms with Crippen molar-refractivity contribution in [3.63, 3.8) is 0 Å². The highest BCUT2D eigenvalue weighted by atomic mass is 16.6. The predicted molar refractivity (Wildman–Crippen MR) is 68.7 cm³/mol. The topological polar surface area (TPSA) is 73.9 Å². The van der Waals surface area contributed by atoms with Gasteiger partial charge in [0.1, 0.15) is 12.0 Å². The molecule has 1 amide bonds. The zero-order valence-electron chi connectivity index (χ0n) is 11.2. The number of nitrogens with two attached hydrogens (primary N) is 1. The predicted octanol–water partition coefficient (Wildman–Crippen LogP) is 0.242. The Morgan fingerprint density at radius 1 is 1.56 bits per heavy atom. The van der Waals surface area contributed by atoms with Gasteiger partial charge in [-0.1, -0.05) is 0 Å². The average molecular weight is 256 g/mol. The number of hydrogen-bond acceptors (Lipinski definition) is 3. The van der Waals surface area contributed by atoms with Crippen molar-refractivity contribution < 1.29 is 18.8 Å². The number of nitrogens with zero attached hydrogens (tertiary/aromatic N) is 2. The molecule has 2 unspecified atom stereocenters. The summed E-state index contributed by atoms with van der Waals surface area (Å²) >= 11 is 0. The second-order valence-corrected chi connectivity index (χ2v) is 4.85. The highest BCUT2D eigenvalue weighted by Gasteiger charge is 2.35. The van der Waals surface area contributed by atoms with Crippen LogP contribution in [0.15, 0.2) is 17.3 Å². The molecule has 0 saturated carbocycles. The molecule has 0 bridgehead atoms. The lowest BCUT2D eigenvalue weighted by molar-refractivity contribution is -0.889. The zero-order chi connectivity index (χ0) is 13.6. The number of amidine groups is 1. The summed E-state index contributed by atoms with van der Waals surface area (Å²) < 4.78 is 11.5. The van der Waals surface area contributed by atoms with Crippen LogP contribution >= 0.6 is 0 Å². The SMILES string of the molecule is COCC1CCC([N+](C)(C)/C=C\C(N)=NC=O)O1. The third-order valence-corrected chi connectivity index (χ3v) is 3.01. The molecule has 2 N–H and O–H groups in total. The monoisotopic (exact) mass is 256 g/mol. The molecule has 0 aromatic heterocycles. The molecule has 0 aromatic rings. The van der Waals surface area contributed by atoms with Crippen molar-refractivity contribution in [2.45, 2.75) is 25.2 Å². The van der Waals surface area contributed by atoms with Crippen LogP contribution in [-0.4, -0.2) is 56.9 Å². The van der Waals surface area contributed by atoms with Crippen LogP contribution in [0.4, 0.5) is 0 Å². The fourth-order valence-corrected chi connectivity index (χ4v) is 1.95. The van der Waals surface area contributed by atoms with Crippen LogP contribution in [0.5, 0.6) is 0 Å². The van der Waals surface area contributed by atoms with Gasteiger partial charge >= 0.3 is 0 Å². The quantitative estimate of drug-likeness (QED) is 0.320. The second kappa shape index (κ2) is 6.63. The molecule has 1 rings (SSSR count). The fraction of sp³-hybridized carbons (Fsp3) is 0.667. The Morgan fingerprint density at radius 2 is 2.28 bits per heavy atom. The van der Waals surface area contributed by atoms with E-state index < -0.39 is 0 Å². The number of amides is 1. The molecule has 0 aliphatic carbocycles. The number of methoxy groups -OCH3 is 1. The number of carbonyl (C=O) groups is 1. The number of quaternary nitrogens is 1. The minimum Gasteiger partial charge on any atom is -0.383 e. The lowest BCUT2D eigenvalue weighted by Gasteiger charge is -2.31. The molecule has 0 aromatic carbocycles. The molecule has 1 saturated heterocycles. The van der Waals surface area contributed by atoms with E-state index >= 15 is 0 Å². The first kappa shape index (κ1) is 14.8. The van der Waals surface area contributed by atoms with Crippen molar-refractivity contribution in [2.24, 2.45) is 10.7 Å². The molecule has 1 heterocycles. The maximum atomic E-state index is 10.2. The highest BCUT2D eigenvalue weighted by molar-refractivity contribution is 5.95. The lowest BCUT2D eigenvalue weighted by Crippen LogP contribution is -2.44. The summed E-state index contributed by atoms with van der Waals surface area (Å²) in [7, 11) is 5.71. The standard InChI is InChI=1S/C12H21N3O3/c1-15(2,7-6-11(13)14-9-16)12-5-4-10(18-12)8-17-3/h6-7,9-10,12H,4-5,8H2,1-3H3,(H-,13,14,16)/p+1/b7-6-. The van der Waals surface area contributed by atoms with E-state index in [1.807, 2.05) is 20.3 Å². The van der Waals surface area contributed by atoms with Crippen molar-refractivity contribution in [3.8, 4) is 0 Å². The van der Waals surface area contributed by atoms with Crippen molar-refractivity contribution in [1.29, 1.82) is 0 Å². The normalized spacial score (nSPS) is 25.8. The van der Waals surface area contributed by atoms with Gasteiger partial charge < -0.3 is 15.2 Å². The average Bonchev–Trinajstić information content (AvgIpc) is 2.77. The van der Waals surface area contributed by atoms with E-state index in [9.17, 15) is 4.79 Å². The van der Waals surface area contributed by atoms with Crippen LogP contribution in [0.25, 0.3) is 0 Å². The Balaban J connectivity index is 2.59. The van der Waals surface area contributed by atoms with Crippen LogP contribution in [0.2, 0.25) is 0 Å². The van der Waals surface area contributed by atoms with Gasteiger partial charge in [0.15, 0.2) is 6.23 Å². The number of rotatable bonds is 6. The van der Waals surface area contributed by atoms with Gasteiger partial charge in [-0.25, -0.2) is 0 Å². The fourth-order valence-electron chi connectivity index (χ4n) is 1.95. The minimum absolute atomic E-state index is 0.0745. The summed E-state index contributed by atoms with van der Waals surface area (Å²) in [5.74, 6) is 0.197. The van der Waals surface area contributed by atoms with E-state index in [1.54, 1.807) is 13.2 Å². The van der Waals surface area contributed by atoms with Gasteiger partial charge in [0.25, 0.3) is 0 Å². The third-order valence-electron chi connectivity index (χ3n) is 3.01. The molecule has 1 aliphatic heterocycles. The molecule has 0 spiro atoms. The second-order valence-electron chi connectivity index (χ2n) is 4.85. The van der Waals surface area contributed by atoms with E-state index in [0.717, 1.165) is 12.8 Å². The number of hydrogen-bond donors (Lipinski definition) is 1. The van der Waals surface area contributed by atoms with E-state index in [1.165, 1.54) is 0 Å². The van der Waals surface area contributed by atoms with E-state index in [4.69, 9.17) is 15.2 Å². The lowest BCUT2D eigenvalue weighted by atomic mass is 10.2. The van der Waals surface area contributed by atoms with E-state index in [-0.39, 0.29) is 18.2 Å². The molecule has 6 nitrogen and oxygen atoms in total. The number of carbonyl (C=O) groups excluding carboxylic acids is 1. The van der Waals surface area contributed by atoms with E-state index in [0.29, 0.717) is 17.5 Å². The molecule has 0 radical (unpaired) electrons. The molecular weight excluding hydrogens is 234 g/mol. The van der Waals surface area contributed by atoms with Crippen LogP contribution in [-0.2, 0) is 14.3 Å². The zero-order valence-corrected chi connectivity index (χ0v) is 11.2. The summed E-state index contributed by atoms with van der Waals surface area (Å²) in [5.41, 5.74) is 5.53. The van der Waals surface area contributed by atoms with Gasteiger partial charge in [-0.05, 0) is 6.42 Å². The Kier molecular flexibility index (Phi) is 5.46. The van der Waals surface area contributed by atoms with Gasteiger partial charge in [-0.2, -0.15) is 4.99 Å². The number of aliphatic imine (C=N–C) groups is 1. The summed E-state index contributed by atoms with van der Waals surface area (Å²) in [6, 6.07) is 0. The van der Waals surface area contributed by atoms with E-state index in [2.05, 4.69) is 4.99 Å². The van der Waals surface area contributed by atoms with Gasteiger partial charge in [0, 0.05) is 19.6 Å². The van der Waals surface area contributed by atoms with Gasteiger partial charge in [0.05, 0.1) is 26.8 Å². The van der Waals surface area contributed by atoms with Gasteiger partial charge in [-0.15, -0.1) is 0 Å². The van der Waals surface area contributed by atoms with Crippen molar-refractivity contribution in [2.75, 3.05) is 27.8 Å². The van der Waals surface area contributed by atoms with Crippen LogP contribution in [0.1, 0.15) is 12.8 Å². The Hall–Kier alpha value is -1.24. The molecule has 18 heavy (non-hydrogen) atoms. The molecule has 2 atom stereocenters. The largest absolute Gasteiger partial charge is 0.383 e. The summed E-state index contributed by atoms with van der Waals surface area (Å²) in [5, 5.41) is 0. The maximum Gasteiger partial charge on any atom is 0.234 e. The summed E-state index contributed by atoms with van der Waals surface area (Å²) in [6.07, 6.45) is 6.13. The maximum absolute atomic E-state index is 10.2. The van der Waals surface area contributed by atoms with Crippen LogP contribution in [0, 0.1) is 0 Å². The minimum atomic E-state index is 0.0745. The highest BCUT2D eigenvalue weighted by Crippen LogP contribution is 2.26. The molecule has 102 valence electrons. The Morgan fingerprint density at radius 3 is 2.89 bits per heavy atom. The first-order valence-corrected chi connectivity index (χ1v) is 5.93. The van der Waals surface area contributed by atoms with Crippen molar-refractivity contribution >= 4 is 12.2 Å². The summed E-state index contributed by atoms with van der Waals surface area (Å²) in [6.45, 7) is 0.620. The smallest absolute Gasteiger partial charge is 0.234 e. The molecule has 1 aliphatic rings. The van der Waals surface area contributed by atoms with Crippen molar-refractivity contribution in [3.05, 3.63) is 12.3 Å². The molecular formula is C12H22N3O3+. The van der Waals surface area contributed by atoms with Gasteiger partial charge in [0.2, 0.25) is 6.41 Å². The van der Waals surface area contributed by atoms with Crippen LogP contribution in [0.3, 0.4) is 0 Å². The molecule has 6 heteroatoms. The van der Waals surface area contributed by atoms with Crippen LogP contribution < -0.4 is 5.73 Å². The third kappa shape index (κ3) is 4.21. The first-order valence-electron chi connectivity index (χ1n) is 5.93. The first-order chi connectivity index (χ1) is 8.49.